The van der Waals surface area contributed by atoms with Gasteiger partial charge in [0.05, 0.1) is 17.1 Å². The molecule has 18 aliphatic rings. The third-order valence-electron chi connectivity index (χ3n) is 33.9. The number of hydrogen-bond acceptors (Lipinski definition) is 9. The number of nitrogens with zero attached hydrogens (tertiary/aromatic N) is 7. The van der Waals surface area contributed by atoms with Crippen LogP contribution in [0.2, 0.25) is 0 Å². The molecule has 14 aromatic carbocycles. The van der Waals surface area contributed by atoms with Gasteiger partial charge in [-0.2, -0.15) is 0 Å². The van der Waals surface area contributed by atoms with Crippen LogP contribution in [0.1, 0.15) is 116 Å². The van der Waals surface area contributed by atoms with Crippen molar-refractivity contribution in [2.75, 3.05) is 34.3 Å². The van der Waals surface area contributed by atoms with E-state index in [0.29, 0.717) is 53.3 Å². The van der Waals surface area contributed by atoms with Crippen LogP contribution in [0, 0.1) is 53.3 Å². The summed E-state index contributed by atoms with van der Waals surface area (Å²) in [5, 5.41) is 0. The van der Waals surface area contributed by atoms with Crippen LogP contribution in [0.3, 0.4) is 0 Å². The lowest BCUT2D eigenvalue weighted by atomic mass is 9.29. The van der Waals surface area contributed by atoms with Gasteiger partial charge in [-0.1, -0.05) is 176 Å². The first-order chi connectivity index (χ1) is 62.2. The highest BCUT2D eigenvalue weighted by Crippen LogP contribution is 2.66. The van der Waals surface area contributed by atoms with E-state index in [9.17, 15) is 0 Å². The van der Waals surface area contributed by atoms with Gasteiger partial charge in [0, 0.05) is 120 Å². The zero-order valence-electron chi connectivity index (χ0n) is 71.2. The first kappa shape index (κ1) is 71.7. The fourth-order valence-corrected chi connectivity index (χ4v) is 30.9. The molecule has 32 rings (SSSR count). The Morgan fingerprint density at radius 1 is 0.214 bits per heavy atom. The number of rotatable bonds is 13. The lowest BCUT2D eigenvalue weighted by Crippen LogP contribution is -2.70. The minimum Gasteiger partial charge on any atom is -0.458 e. The molecule has 0 N–H and O–H groups in total. The van der Waals surface area contributed by atoms with Gasteiger partial charge in [-0.25, -0.2) is 0 Å². The van der Waals surface area contributed by atoms with E-state index in [0.717, 1.165) is 68.5 Å². The fraction of sp³-hybridized carbons (Fsp3) is 0.263. The van der Waals surface area contributed by atoms with E-state index in [1.807, 2.05) is 0 Å². The molecule has 6 heterocycles. The van der Waals surface area contributed by atoms with Crippen LogP contribution in [-0.4, -0.2) is 36.8 Å². The van der Waals surface area contributed by atoms with Gasteiger partial charge in [-0.3, -0.25) is 0 Å². The van der Waals surface area contributed by atoms with Crippen molar-refractivity contribution in [2.24, 2.45) is 53.3 Å². The highest BCUT2D eigenvalue weighted by molar-refractivity contribution is 7.04. The van der Waals surface area contributed by atoms with Crippen LogP contribution in [-0.2, 0) is 0 Å². The monoisotopic (exact) mass is 1630 g/mol. The molecule has 9 nitrogen and oxygen atoms in total. The molecule has 12 saturated carbocycles. The predicted molar refractivity (Wildman–Crippen MR) is 521 cm³/mol. The maximum atomic E-state index is 8.49. The average Bonchev–Trinajstić information content (AvgIpc) is 0.669. The van der Waals surface area contributed by atoms with Gasteiger partial charge in [0.1, 0.15) is 23.0 Å². The average molecular weight is 1630 g/mol. The van der Waals surface area contributed by atoms with Crippen molar-refractivity contribution in [3.05, 3.63) is 322 Å². The minimum absolute atomic E-state index is 0.121. The summed E-state index contributed by atoms with van der Waals surface area (Å²) in [6, 6.07) is 124. The van der Waals surface area contributed by atoms with E-state index in [4.69, 9.17) is 9.47 Å². The molecule has 0 radical (unpaired) electrons. The number of fused-ring (bicyclic) bond motifs is 12. The maximum Gasteiger partial charge on any atom is 0.256 e. The van der Waals surface area contributed by atoms with Crippen LogP contribution in [0.25, 0.3) is 0 Å². The Labute approximate surface area is 740 Å². The lowest BCUT2D eigenvalue weighted by Gasteiger charge is -2.64. The highest BCUT2D eigenvalue weighted by Gasteiger charge is 2.63. The summed E-state index contributed by atoms with van der Waals surface area (Å²) in [5.74, 6) is 9.88. The lowest BCUT2D eigenvalue weighted by molar-refractivity contribution is 0.000255. The highest BCUT2D eigenvalue weighted by atomic mass is 16.5. The van der Waals surface area contributed by atoms with Crippen molar-refractivity contribution < 1.29 is 9.47 Å². The Morgan fingerprint density at radius 2 is 0.508 bits per heavy atom. The van der Waals surface area contributed by atoms with Gasteiger partial charge in [0.2, 0.25) is 0 Å². The molecular formula is C114H98B3N7O2. The molecule has 12 heteroatoms. The van der Waals surface area contributed by atoms with Crippen molar-refractivity contribution in [1.29, 1.82) is 0 Å². The summed E-state index contributed by atoms with van der Waals surface area (Å²) >= 11 is 0. The molecule has 0 amide bonds. The van der Waals surface area contributed by atoms with Gasteiger partial charge >= 0.3 is 0 Å². The first-order valence-electron chi connectivity index (χ1n) is 47.6. The SMILES string of the molecule is c1ccc(N(c2ccccc2)c2cc3c4c(c2)N(C25CC6CC(CC(C6)C2)C5)c2cc5c(cc2B4c2ccccc2O3)B2c3cc4c(cc3N(C36CC7CC(CC(C7)C3)C6)c3cc(N(c6ccccc6)c6ccccc6)cc(c32)O5)N(C23CC5CC(CC(C5)C2)C3)c2cc(N(c3ccccc3)c3ccccc3)cc3c2B4c2ccccc2N3c2ccccc2)cc1. The summed E-state index contributed by atoms with van der Waals surface area (Å²) in [6.07, 6.45) is 22.7. The van der Waals surface area contributed by atoms with Crippen molar-refractivity contribution in [3.63, 3.8) is 0 Å². The molecule has 0 aromatic heterocycles. The Balaban J connectivity index is 0.734. The normalized spacial score (nSPS) is 26.2. The van der Waals surface area contributed by atoms with Crippen molar-refractivity contribution in [1.82, 2.24) is 0 Å². The summed E-state index contributed by atoms with van der Waals surface area (Å²) in [4.78, 5) is 19.5. The second-order valence-electron chi connectivity index (χ2n) is 41.3. The number of anilines is 18. The third kappa shape index (κ3) is 10.5. The van der Waals surface area contributed by atoms with Gasteiger partial charge in [0.15, 0.2) is 0 Å². The molecular weight excluding hydrogens is 1530 g/mol. The molecule has 0 saturated heterocycles. The Kier molecular flexibility index (Phi) is 15.2. The Morgan fingerprint density at radius 3 is 0.905 bits per heavy atom. The summed E-state index contributed by atoms with van der Waals surface area (Å²) in [5.41, 5.74) is 33.6. The topological polar surface area (TPSA) is 41.1 Å². The Bertz CT molecular complexity index is 6590. The van der Waals surface area contributed by atoms with Crippen molar-refractivity contribution in [3.8, 4) is 23.0 Å². The smallest absolute Gasteiger partial charge is 0.256 e. The van der Waals surface area contributed by atoms with Gasteiger partial charge in [-0.05, 0) is 345 Å². The molecule has 610 valence electrons. The molecule has 14 aromatic rings. The van der Waals surface area contributed by atoms with Crippen molar-refractivity contribution in [2.45, 2.75) is 132 Å². The zero-order valence-corrected chi connectivity index (χ0v) is 71.2. The number of hydrogen-bond donors (Lipinski definition) is 0. The first-order valence-corrected chi connectivity index (χ1v) is 47.6. The number of benzene rings is 14. The fourth-order valence-electron chi connectivity index (χ4n) is 30.9. The van der Waals surface area contributed by atoms with E-state index in [2.05, 4.69) is 356 Å². The third-order valence-corrected chi connectivity index (χ3v) is 33.9. The van der Waals surface area contributed by atoms with E-state index >= 15 is 0 Å². The quantitative estimate of drug-likeness (QED) is 0.105. The molecule has 12 fully saturated rings. The molecule has 0 unspecified atom stereocenters. The minimum atomic E-state index is -0.233. The van der Waals surface area contributed by atoms with E-state index in [1.54, 1.807) is 0 Å². The summed E-state index contributed by atoms with van der Waals surface area (Å²) < 4.78 is 16.2. The second kappa shape index (κ2) is 26.8. The van der Waals surface area contributed by atoms with E-state index < -0.39 is 0 Å². The molecule has 12 aliphatic carbocycles. The van der Waals surface area contributed by atoms with Gasteiger partial charge in [-0.15, -0.1) is 0 Å². The van der Waals surface area contributed by atoms with Gasteiger partial charge < -0.3 is 43.8 Å². The molecule has 12 bridgehead atoms. The van der Waals surface area contributed by atoms with E-state index in [-0.39, 0.29) is 36.8 Å². The predicted octanol–water partition coefficient (Wildman–Crippen LogP) is 22.9. The second-order valence-corrected chi connectivity index (χ2v) is 41.3. The molecule has 0 spiro atoms. The molecule has 126 heavy (non-hydrogen) atoms. The summed E-state index contributed by atoms with van der Waals surface area (Å²) in [7, 11) is 0. The summed E-state index contributed by atoms with van der Waals surface area (Å²) in [6.45, 7) is -0.503. The van der Waals surface area contributed by atoms with Crippen LogP contribution in [0.4, 0.5) is 102 Å². The van der Waals surface area contributed by atoms with Crippen molar-refractivity contribution >= 4 is 172 Å². The van der Waals surface area contributed by atoms with Crippen LogP contribution >= 0.6 is 0 Å². The largest absolute Gasteiger partial charge is 0.458 e. The Hall–Kier alpha value is -12.5. The van der Waals surface area contributed by atoms with E-state index in [1.165, 1.54) is 222 Å². The molecule has 6 aliphatic heterocycles. The van der Waals surface area contributed by atoms with Gasteiger partial charge in [0.25, 0.3) is 20.1 Å². The van der Waals surface area contributed by atoms with Crippen LogP contribution in [0.5, 0.6) is 23.0 Å². The van der Waals surface area contributed by atoms with Crippen LogP contribution < -0.4 is 92.9 Å². The number of ether oxygens (including phenoxy) is 2. The zero-order chi connectivity index (χ0) is 82.0. The maximum absolute atomic E-state index is 8.49. The standard InChI is InChI=1S/C114H98B3N7O2/c1-8-26-81(27-9-1)118(82-28-10-2-11-29-82)88-53-101-109-102(54-88)122(112-63-72-44-73(64-112)46-74(45-72)65-112)98-61-99-94(59-93(98)115(109)91-40-22-24-42-97(91)121(101)87-38-20-7-21-39-87)117-96-60-95-100(62-106(96)126-108-58-90(120(85-34-16-5-17-35-85)86-36-18-6-19-37-86)56-104(111(108)117)123(99)113-66-75-47-76(67-113)49-77(48-75)68-113)124(114-69-78-50-79(70-114)52-80(51-78)71-114)103-55-89(57-107-110(103)116(95)92-41-23-25-43-105(92)125-107)119(83-30-12-3-13-31-83)84-32-14-4-15-33-84/h1-43,53-62,72-80H,44-52,63-71H2. The van der Waals surface area contributed by atoms with Crippen LogP contribution in [0.15, 0.2) is 322 Å². The molecule has 0 atom stereocenters. The number of para-hydroxylation sites is 9.